The van der Waals surface area contributed by atoms with Crippen molar-refractivity contribution in [2.45, 2.75) is 24.8 Å². The van der Waals surface area contributed by atoms with Gasteiger partial charge < -0.3 is 15.4 Å². The number of primary amides is 1. The van der Waals surface area contributed by atoms with E-state index in [4.69, 9.17) is 10.5 Å². The third-order valence-corrected chi connectivity index (χ3v) is 4.63. The lowest BCUT2D eigenvalue weighted by Gasteiger charge is -2.37. The van der Waals surface area contributed by atoms with Crippen LogP contribution >= 0.6 is 0 Å². The van der Waals surface area contributed by atoms with E-state index in [1.165, 1.54) is 0 Å². The lowest BCUT2D eigenvalue weighted by Crippen LogP contribution is -2.52. The van der Waals surface area contributed by atoms with Crippen LogP contribution < -0.4 is 5.73 Å². The second kappa shape index (κ2) is 6.57. The van der Waals surface area contributed by atoms with Gasteiger partial charge in [0.1, 0.15) is 0 Å². The van der Waals surface area contributed by atoms with E-state index in [0.29, 0.717) is 25.1 Å². The molecule has 1 fully saturated rings. The first-order chi connectivity index (χ1) is 11.6. The summed E-state index contributed by atoms with van der Waals surface area (Å²) in [6, 6.07) is 9.20. The van der Waals surface area contributed by atoms with Crippen LogP contribution in [0.3, 0.4) is 0 Å². The first-order valence-electron chi connectivity index (χ1n) is 8.00. The number of likely N-dealkylation sites (tertiary alicyclic amines) is 1. The molecule has 126 valence electrons. The summed E-state index contributed by atoms with van der Waals surface area (Å²) in [4.78, 5) is 30.8. The van der Waals surface area contributed by atoms with E-state index in [1.54, 1.807) is 24.3 Å². The highest BCUT2D eigenvalue weighted by Crippen LogP contribution is 2.35. The molecule has 0 bridgehead atoms. The number of nitrogens with two attached hydrogens (primary N) is 1. The van der Waals surface area contributed by atoms with Gasteiger partial charge in [0.05, 0.1) is 24.1 Å². The van der Waals surface area contributed by atoms with Crippen LogP contribution in [0.25, 0.3) is 10.9 Å². The summed E-state index contributed by atoms with van der Waals surface area (Å²) in [6.07, 6.45) is 3.34. The van der Waals surface area contributed by atoms with Crippen LogP contribution in [0.2, 0.25) is 0 Å². The molecule has 0 saturated carbocycles. The molecule has 24 heavy (non-hydrogen) atoms. The van der Waals surface area contributed by atoms with Gasteiger partial charge >= 0.3 is 0 Å². The molecule has 0 aliphatic carbocycles. The van der Waals surface area contributed by atoms with Gasteiger partial charge in [-0.2, -0.15) is 0 Å². The summed E-state index contributed by atoms with van der Waals surface area (Å²) in [6.45, 7) is 0.886. The molecule has 0 spiro atoms. The molecule has 1 aromatic heterocycles. The fourth-order valence-corrected chi connectivity index (χ4v) is 3.67. The molecular formula is C18H21N3O3. The maximum absolute atomic E-state index is 13.2. The Labute approximate surface area is 140 Å². The van der Waals surface area contributed by atoms with Crippen molar-refractivity contribution < 1.29 is 14.3 Å². The van der Waals surface area contributed by atoms with Crippen LogP contribution in [0.5, 0.6) is 0 Å². The van der Waals surface area contributed by atoms with Crippen LogP contribution in [-0.2, 0) is 9.53 Å². The average molecular weight is 327 g/mol. The smallest absolute Gasteiger partial charge is 0.255 e. The molecule has 1 atom stereocenters. The maximum atomic E-state index is 13.2. The van der Waals surface area contributed by atoms with Crippen molar-refractivity contribution in [3.63, 3.8) is 0 Å². The fraction of sp³-hybridized carbons (Fsp3) is 0.389. The van der Waals surface area contributed by atoms with Gasteiger partial charge in [0, 0.05) is 30.8 Å². The number of benzene rings is 1. The lowest BCUT2D eigenvalue weighted by atomic mass is 9.91. The predicted octanol–water partition coefficient (Wildman–Crippen LogP) is 1.73. The van der Waals surface area contributed by atoms with Gasteiger partial charge in [-0.3, -0.25) is 14.6 Å². The van der Waals surface area contributed by atoms with Crippen molar-refractivity contribution in [3.05, 3.63) is 42.1 Å². The predicted molar refractivity (Wildman–Crippen MR) is 90.4 cm³/mol. The number of methoxy groups -OCH3 is 1. The third kappa shape index (κ3) is 2.85. The van der Waals surface area contributed by atoms with E-state index < -0.39 is 11.4 Å². The van der Waals surface area contributed by atoms with Gasteiger partial charge in [-0.15, -0.1) is 0 Å². The van der Waals surface area contributed by atoms with Gasteiger partial charge in [-0.25, -0.2) is 0 Å². The number of aromatic nitrogens is 1. The van der Waals surface area contributed by atoms with Crippen molar-refractivity contribution in [1.82, 2.24) is 9.88 Å². The van der Waals surface area contributed by atoms with Crippen molar-refractivity contribution in [2.24, 2.45) is 5.73 Å². The number of fused-ring (bicyclic) bond motifs is 1. The first-order valence-corrected chi connectivity index (χ1v) is 8.00. The summed E-state index contributed by atoms with van der Waals surface area (Å²) < 4.78 is 5.32. The maximum Gasteiger partial charge on any atom is 0.255 e. The number of hydrogen-bond donors (Lipinski definition) is 1. The van der Waals surface area contributed by atoms with Crippen LogP contribution in [0, 0.1) is 0 Å². The first kappa shape index (κ1) is 16.4. The zero-order valence-electron chi connectivity index (χ0n) is 13.7. The standard InChI is InChI=1S/C18H21N3O3/c1-24-12-18(11-16(19)22)8-4-10-21(18)17(23)14-5-2-7-15-13(14)6-3-9-20-15/h2-3,5-7,9H,4,8,10-12H2,1H3,(H2,19,22)/t18-/m1/s1. The fourth-order valence-electron chi connectivity index (χ4n) is 3.67. The molecule has 3 rings (SSSR count). The van der Waals surface area contributed by atoms with E-state index in [2.05, 4.69) is 4.98 Å². The minimum absolute atomic E-state index is 0.107. The Morgan fingerprint density at radius 3 is 2.92 bits per heavy atom. The Morgan fingerprint density at radius 2 is 2.17 bits per heavy atom. The number of carbonyl (C=O) groups excluding carboxylic acids is 2. The molecule has 0 unspecified atom stereocenters. The van der Waals surface area contributed by atoms with E-state index in [-0.39, 0.29) is 12.3 Å². The third-order valence-electron chi connectivity index (χ3n) is 4.63. The molecule has 1 aliphatic rings. The highest BCUT2D eigenvalue weighted by Gasteiger charge is 2.45. The molecular weight excluding hydrogens is 306 g/mol. The van der Waals surface area contributed by atoms with E-state index in [1.807, 2.05) is 24.3 Å². The minimum Gasteiger partial charge on any atom is -0.382 e. The second-order valence-corrected chi connectivity index (χ2v) is 6.24. The number of pyridine rings is 1. The van der Waals surface area contributed by atoms with E-state index >= 15 is 0 Å². The summed E-state index contributed by atoms with van der Waals surface area (Å²) in [5, 5.41) is 0.808. The zero-order chi connectivity index (χ0) is 17.2. The van der Waals surface area contributed by atoms with Crippen molar-refractivity contribution in [2.75, 3.05) is 20.3 Å². The summed E-state index contributed by atoms with van der Waals surface area (Å²) >= 11 is 0. The molecule has 0 radical (unpaired) electrons. The normalized spacial score (nSPS) is 20.5. The SMILES string of the molecule is COC[C@]1(CC(N)=O)CCCN1C(=O)c1cccc2ncccc12. The molecule has 2 amide bonds. The van der Waals surface area contributed by atoms with E-state index in [0.717, 1.165) is 17.3 Å². The number of amides is 2. The quantitative estimate of drug-likeness (QED) is 0.906. The van der Waals surface area contributed by atoms with Crippen LogP contribution in [0.1, 0.15) is 29.6 Å². The largest absolute Gasteiger partial charge is 0.382 e. The monoisotopic (exact) mass is 327 g/mol. The Kier molecular flexibility index (Phi) is 4.49. The van der Waals surface area contributed by atoms with Crippen molar-refractivity contribution >= 4 is 22.7 Å². The number of rotatable bonds is 5. The molecule has 1 aliphatic heterocycles. The lowest BCUT2D eigenvalue weighted by molar-refractivity contribution is -0.121. The minimum atomic E-state index is -0.665. The molecule has 6 heteroatoms. The highest BCUT2D eigenvalue weighted by atomic mass is 16.5. The second-order valence-electron chi connectivity index (χ2n) is 6.24. The Morgan fingerprint density at radius 1 is 1.33 bits per heavy atom. The van der Waals surface area contributed by atoms with Crippen molar-refractivity contribution in [1.29, 1.82) is 0 Å². The zero-order valence-corrected chi connectivity index (χ0v) is 13.7. The number of nitrogens with zero attached hydrogens (tertiary/aromatic N) is 2. The summed E-state index contributed by atoms with van der Waals surface area (Å²) in [5.41, 5.74) is 6.14. The van der Waals surface area contributed by atoms with Gasteiger partial charge in [-0.1, -0.05) is 12.1 Å². The molecule has 2 heterocycles. The molecule has 1 saturated heterocycles. The molecule has 2 N–H and O–H groups in total. The number of carbonyl (C=O) groups is 2. The Hall–Kier alpha value is -2.47. The number of hydrogen-bond acceptors (Lipinski definition) is 4. The summed E-state index contributed by atoms with van der Waals surface area (Å²) in [7, 11) is 1.57. The Bertz CT molecular complexity index is 772. The average Bonchev–Trinajstić information content (AvgIpc) is 2.96. The molecule has 2 aromatic rings. The van der Waals surface area contributed by atoms with Crippen molar-refractivity contribution in [3.8, 4) is 0 Å². The van der Waals surface area contributed by atoms with Gasteiger partial charge in [-0.05, 0) is 31.0 Å². The van der Waals surface area contributed by atoms with E-state index in [9.17, 15) is 9.59 Å². The van der Waals surface area contributed by atoms with Gasteiger partial charge in [0.15, 0.2) is 0 Å². The van der Waals surface area contributed by atoms with Crippen LogP contribution in [0.15, 0.2) is 36.5 Å². The highest BCUT2D eigenvalue weighted by molar-refractivity contribution is 6.06. The number of ether oxygens (including phenoxy) is 1. The van der Waals surface area contributed by atoms with Gasteiger partial charge in [0.25, 0.3) is 5.91 Å². The molecule has 1 aromatic carbocycles. The Balaban J connectivity index is 2.02. The van der Waals surface area contributed by atoms with Gasteiger partial charge in [0.2, 0.25) is 5.91 Å². The summed E-state index contributed by atoms with van der Waals surface area (Å²) in [5.74, 6) is -0.532. The molecule has 6 nitrogen and oxygen atoms in total. The van der Waals surface area contributed by atoms with Crippen LogP contribution in [-0.4, -0.2) is 47.5 Å². The topological polar surface area (TPSA) is 85.5 Å². The van der Waals surface area contributed by atoms with Crippen LogP contribution in [0.4, 0.5) is 0 Å².